The van der Waals surface area contributed by atoms with Crippen molar-refractivity contribution in [2.24, 2.45) is 5.92 Å². The second-order valence-corrected chi connectivity index (χ2v) is 5.50. The first-order valence-corrected chi connectivity index (χ1v) is 6.79. The van der Waals surface area contributed by atoms with E-state index in [-0.39, 0.29) is 11.7 Å². The van der Waals surface area contributed by atoms with E-state index in [0.29, 0.717) is 12.1 Å². The molecule has 0 spiro atoms. The van der Waals surface area contributed by atoms with Crippen molar-refractivity contribution in [1.29, 1.82) is 0 Å². The van der Waals surface area contributed by atoms with Crippen LogP contribution in [0.4, 0.5) is 0 Å². The van der Waals surface area contributed by atoms with Gasteiger partial charge >= 0.3 is 0 Å². The molecule has 1 heterocycles. The van der Waals surface area contributed by atoms with Gasteiger partial charge in [-0.2, -0.15) is 0 Å². The Balaban J connectivity index is 1.94. The van der Waals surface area contributed by atoms with Crippen LogP contribution in [0, 0.1) is 5.92 Å². The minimum atomic E-state index is 0.0910. The minimum absolute atomic E-state index is 0.0910. The van der Waals surface area contributed by atoms with Crippen LogP contribution in [0.1, 0.15) is 27.2 Å². The highest BCUT2D eigenvalue weighted by molar-refractivity contribution is 5.80. The minimum Gasteiger partial charge on any atom is -0.378 e. The highest BCUT2D eigenvalue weighted by Crippen LogP contribution is 2.21. The molecule has 100 valence electrons. The fourth-order valence-corrected chi connectivity index (χ4v) is 2.64. The summed E-state index contributed by atoms with van der Waals surface area (Å²) < 4.78 is 5.54. The van der Waals surface area contributed by atoms with Crippen LogP contribution in [-0.2, 0) is 9.53 Å². The zero-order valence-electron chi connectivity index (χ0n) is 11.6. The molecular weight excluding hydrogens is 226 g/mol. The van der Waals surface area contributed by atoms with Crippen molar-refractivity contribution in [3.63, 3.8) is 0 Å². The Morgan fingerprint density at radius 1 is 1.39 bits per heavy atom. The number of ketones is 1. The number of hydrogen-bond donors (Lipinski definition) is 0. The molecule has 3 nitrogen and oxygen atoms in total. The monoisotopic (exact) mass is 249 g/mol. The van der Waals surface area contributed by atoms with Crippen molar-refractivity contribution in [1.82, 2.24) is 4.90 Å². The molecule has 0 amide bonds. The lowest BCUT2D eigenvalue weighted by Crippen LogP contribution is -2.50. The van der Waals surface area contributed by atoms with E-state index in [1.165, 1.54) is 5.57 Å². The van der Waals surface area contributed by atoms with Crippen molar-refractivity contribution in [2.75, 3.05) is 19.8 Å². The molecule has 18 heavy (non-hydrogen) atoms. The summed E-state index contributed by atoms with van der Waals surface area (Å²) in [5.41, 5.74) is 1.33. The molecule has 2 rings (SSSR count). The molecular formula is C15H23NO2. The number of morpholine rings is 1. The normalized spacial score (nSPS) is 33.3. The van der Waals surface area contributed by atoms with Crippen LogP contribution in [0.3, 0.4) is 0 Å². The summed E-state index contributed by atoms with van der Waals surface area (Å²) in [6.45, 7) is 8.68. The van der Waals surface area contributed by atoms with Gasteiger partial charge in [0, 0.05) is 24.5 Å². The Bertz CT molecular complexity index is 363. The fraction of sp³-hybridized carbons (Fsp3) is 0.667. The number of hydrogen-bond acceptors (Lipinski definition) is 3. The van der Waals surface area contributed by atoms with E-state index in [9.17, 15) is 4.79 Å². The summed E-state index contributed by atoms with van der Waals surface area (Å²) in [7, 11) is 0. The van der Waals surface area contributed by atoms with Crippen LogP contribution in [0.2, 0.25) is 0 Å². The molecule has 1 saturated heterocycles. The van der Waals surface area contributed by atoms with Crippen molar-refractivity contribution in [3.8, 4) is 0 Å². The maximum atomic E-state index is 11.3. The van der Waals surface area contributed by atoms with Gasteiger partial charge in [-0.25, -0.2) is 0 Å². The quantitative estimate of drug-likeness (QED) is 0.768. The van der Waals surface area contributed by atoms with Gasteiger partial charge in [0.05, 0.1) is 13.2 Å². The summed E-state index contributed by atoms with van der Waals surface area (Å²) in [6.07, 6.45) is 7.23. The van der Waals surface area contributed by atoms with Crippen LogP contribution < -0.4 is 0 Å². The number of Topliss-reactive ketones (excluding diaryl/α,β-unsaturated/α-hetero) is 1. The molecule has 0 aromatic rings. The third-order valence-corrected chi connectivity index (χ3v) is 3.91. The van der Waals surface area contributed by atoms with E-state index in [1.807, 2.05) is 6.08 Å². The first-order valence-electron chi connectivity index (χ1n) is 6.79. The van der Waals surface area contributed by atoms with Crippen molar-refractivity contribution < 1.29 is 9.53 Å². The first kappa shape index (κ1) is 13.5. The molecule has 1 fully saturated rings. The van der Waals surface area contributed by atoms with Crippen LogP contribution in [0.5, 0.6) is 0 Å². The standard InChI is InChI=1S/C15H23NO2/c1-11-9-18-10-12(2)16(11)8-14-4-6-15(7-5-14)13(3)17/h4-6,11-12,15H,7-10H2,1-3H3/t11-,12+,15?. The molecule has 3 atom stereocenters. The fourth-order valence-electron chi connectivity index (χ4n) is 2.64. The van der Waals surface area contributed by atoms with E-state index >= 15 is 0 Å². The number of carbonyl (C=O) groups is 1. The molecule has 0 aromatic heterocycles. The van der Waals surface area contributed by atoms with Crippen LogP contribution >= 0.6 is 0 Å². The van der Waals surface area contributed by atoms with Gasteiger partial charge in [-0.1, -0.05) is 18.2 Å². The number of nitrogens with zero attached hydrogens (tertiary/aromatic N) is 1. The van der Waals surface area contributed by atoms with Gasteiger partial charge < -0.3 is 4.74 Å². The topological polar surface area (TPSA) is 29.5 Å². The number of allylic oxidation sites excluding steroid dienone is 2. The Labute approximate surface area is 109 Å². The van der Waals surface area contributed by atoms with E-state index in [2.05, 4.69) is 30.9 Å². The summed E-state index contributed by atoms with van der Waals surface area (Å²) in [5, 5.41) is 0. The summed E-state index contributed by atoms with van der Waals surface area (Å²) in [4.78, 5) is 13.8. The van der Waals surface area contributed by atoms with Gasteiger partial charge in [0.1, 0.15) is 5.78 Å². The molecule has 1 aliphatic carbocycles. The second-order valence-electron chi connectivity index (χ2n) is 5.50. The second kappa shape index (κ2) is 5.81. The van der Waals surface area contributed by atoms with Gasteiger partial charge in [-0.15, -0.1) is 0 Å². The van der Waals surface area contributed by atoms with Crippen LogP contribution in [0.15, 0.2) is 23.8 Å². The lowest BCUT2D eigenvalue weighted by atomic mass is 9.93. The SMILES string of the molecule is CC(=O)C1C=CC(CN2[C@H](C)COC[C@@H]2C)=CC1. The molecule has 0 radical (unpaired) electrons. The third kappa shape index (κ3) is 3.09. The summed E-state index contributed by atoms with van der Waals surface area (Å²) in [6, 6.07) is 0.933. The van der Waals surface area contributed by atoms with Gasteiger partial charge in [-0.05, 0) is 32.8 Å². The zero-order chi connectivity index (χ0) is 13.1. The predicted molar refractivity (Wildman–Crippen MR) is 72.5 cm³/mol. The smallest absolute Gasteiger partial charge is 0.136 e. The maximum Gasteiger partial charge on any atom is 0.136 e. The van der Waals surface area contributed by atoms with E-state index in [0.717, 1.165) is 26.2 Å². The van der Waals surface area contributed by atoms with Crippen LogP contribution in [-0.4, -0.2) is 42.5 Å². The third-order valence-electron chi connectivity index (χ3n) is 3.91. The number of carbonyl (C=O) groups excluding carboxylic acids is 1. The molecule has 0 saturated carbocycles. The Morgan fingerprint density at radius 3 is 2.56 bits per heavy atom. The predicted octanol–water partition coefficient (Wildman–Crippen LogP) is 2.19. The van der Waals surface area contributed by atoms with Gasteiger partial charge in [-0.3, -0.25) is 9.69 Å². The average Bonchev–Trinajstić information content (AvgIpc) is 2.34. The maximum absolute atomic E-state index is 11.3. The molecule has 0 N–H and O–H groups in total. The van der Waals surface area contributed by atoms with Gasteiger partial charge in [0.2, 0.25) is 0 Å². The Hall–Kier alpha value is -0.930. The van der Waals surface area contributed by atoms with Gasteiger partial charge in [0.25, 0.3) is 0 Å². The number of rotatable bonds is 3. The van der Waals surface area contributed by atoms with E-state index in [4.69, 9.17) is 4.74 Å². The first-order chi connectivity index (χ1) is 8.58. The van der Waals surface area contributed by atoms with Crippen molar-refractivity contribution in [3.05, 3.63) is 23.8 Å². The largest absolute Gasteiger partial charge is 0.378 e. The highest BCUT2D eigenvalue weighted by Gasteiger charge is 2.26. The Morgan fingerprint density at radius 2 is 2.06 bits per heavy atom. The summed E-state index contributed by atoms with van der Waals surface area (Å²) in [5.74, 6) is 0.350. The van der Waals surface area contributed by atoms with Crippen molar-refractivity contribution in [2.45, 2.75) is 39.3 Å². The van der Waals surface area contributed by atoms with E-state index in [1.54, 1.807) is 6.92 Å². The average molecular weight is 249 g/mol. The molecule has 3 heteroatoms. The molecule has 0 bridgehead atoms. The number of ether oxygens (including phenoxy) is 1. The molecule has 1 unspecified atom stereocenters. The van der Waals surface area contributed by atoms with Crippen LogP contribution in [0.25, 0.3) is 0 Å². The zero-order valence-corrected chi connectivity index (χ0v) is 11.6. The highest BCUT2D eigenvalue weighted by atomic mass is 16.5. The van der Waals surface area contributed by atoms with Crippen molar-refractivity contribution >= 4 is 5.78 Å². The lowest BCUT2D eigenvalue weighted by molar-refractivity contribution is -0.119. The molecule has 1 aliphatic heterocycles. The molecule has 2 aliphatic rings. The van der Waals surface area contributed by atoms with Gasteiger partial charge in [0.15, 0.2) is 0 Å². The lowest BCUT2D eigenvalue weighted by Gasteiger charge is -2.39. The summed E-state index contributed by atoms with van der Waals surface area (Å²) >= 11 is 0. The Kier molecular flexibility index (Phi) is 4.36. The molecule has 0 aromatic carbocycles. The van der Waals surface area contributed by atoms with E-state index < -0.39 is 0 Å².